The number of benzene rings is 1. The van der Waals surface area contributed by atoms with Crippen molar-refractivity contribution in [2.45, 2.75) is 19.3 Å². The number of para-hydroxylation sites is 2. The minimum absolute atomic E-state index is 0.142. The normalized spacial score (nSPS) is 23.1. The van der Waals surface area contributed by atoms with Gasteiger partial charge in [0.15, 0.2) is 0 Å². The molecular weight excluding hydrogens is 340 g/mol. The molecule has 0 unspecified atom stereocenters. The van der Waals surface area contributed by atoms with Crippen molar-refractivity contribution in [3.63, 3.8) is 0 Å². The first-order chi connectivity index (χ1) is 13.1. The van der Waals surface area contributed by atoms with E-state index in [4.69, 9.17) is 10.5 Å². The lowest BCUT2D eigenvalue weighted by molar-refractivity contribution is -0.136. The van der Waals surface area contributed by atoms with E-state index >= 15 is 0 Å². The third-order valence-corrected chi connectivity index (χ3v) is 5.87. The van der Waals surface area contributed by atoms with Crippen molar-refractivity contribution in [2.24, 2.45) is 17.6 Å². The highest BCUT2D eigenvalue weighted by Gasteiger charge is 2.35. The topological polar surface area (TPSA) is 62.0 Å². The summed E-state index contributed by atoms with van der Waals surface area (Å²) in [5.41, 5.74) is 7.00. The molecule has 1 aliphatic heterocycles. The second-order valence-corrected chi connectivity index (χ2v) is 7.96. The Morgan fingerprint density at radius 2 is 1.93 bits per heavy atom. The van der Waals surface area contributed by atoms with Crippen LogP contribution in [-0.2, 0) is 4.79 Å². The lowest BCUT2D eigenvalue weighted by Crippen LogP contribution is -2.51. The van der Waals surface area contributed by atoms with E-state index in [1.165, 1.54) is 0 Å². The Morgan fingerprint density at radius 1 is 1.19 bits per heavy atom. The second-order valence-electron chi connectivity index (χ2n) is 7.96. The Morgan fingerprint density at radius 3 is 2.63 bits per heavy atom. The van der Waals surface area contributed by atoms with E-state index in [0.717, 1.165) is 63.4 Å². The first-order valence-electron chi connectivity index (χ1n) is 10.2. The molecule has 6 heteroatoms. The van der Waals surface area contributed by atoms with Gasteiger partial charge in [0.05, 0.1) is 5.69 Å². The maximum absolute atomic E-state index is 12.9. The Labute approximate surface area is 163 Å². The third kappa shape index (κ3) is 4.93. The highest BCUT2D eigenvalue weighted by Crippen LogP contribution is 2.33. The molecule has 1 amide bonds. The maximum atomic E-state index is 12.9. The lowest BCUT2D eigenvalue weighted by Gasteiger charge is -2.38. The summed E-state index contributed by atoms with van der Waals surface area (Å²) < 4.78 is 6.01. The Balaban J connectivity index is 1.57. The SMILES string of the molecule is CN(C)CCOc1ccccc1N1CCN(C(=O)[C@@H]2CCC[C@@H]2CN)CC1. The fourth-order valence-electron chi connectivity index (χ4n) is 4.22. The van der Waals surface area contributed by atoms with Gasteiger partial charge in [-0.25, -0.2) is 0 Å². The number of ether oxygens (including phenoxy) is 1. The number of carbonyl (C=O) groups is 1. The fraction of sp³-hybridized carbons (Fsp3) is 0.667. The van der Waals surface area contributed by atoms with E-state index in [0.29, 0.717) is 25.0 Å². The Hall–Kier alpha value is -1.79. The third-order valence-electron chi connectivity index (χ3n) is 5.87. The molecule has 150 valence electrons. The molecule has 1 saturated heterocycles. The molecule has 1 saturated carbocycles. The number of piperazine rings is 1. The molecule has 0 bridgehead atoms. The van der Waals surface area contributed by atoms with Crippen LogP contribution in [0, 0.1) is 11.8 Å². The smallest absolute Gasteiger partial charge is 0.226 e. The predicted molar refractivity (Wildman–Crippen MR) is 109 cm³/mol. The largest absolute Gasteiger partial charge is 0.490 e. The van der Waals surface area contributed by atoms with Gasteiger partial charge in [-0.1, -0.05) is 18.6 Å². The number of hydrogen-bond donors (Lipinski definition) is 1. The van der Waals surface area contributed by atoms with Gasteiger partial charge >= 0.3 is 0 Å². The van der Waals surface area contributed by atoms with E-state index in [1.54, 1.807) is 0 Å². The van der Waals surface area contributed by atoms with Gasteiger partial charge in [0.25, 0.3) is 0 Å². The molecule has 2 atom stereocenters. The fourth-order valence-corrected chi connectivity index (χ4v) is 4.22. The van der Waals surface area contributed by atoms with Gasteiger partial charge in [-0.15, -0.1) is 0 Å². The Bertz CT molecular complexity index is 614. The number of nitrogens with two attached hydrogens (primary N) is 1. The van der Waals surface area contributed by atoms with E-state index in [2.05, 4.69) is 21.9 Å². The van der Waals surface area contributed by atoms with E-state index < -0.39 is 0 Å². The van der Waals surface area contributed by atoms with Crippen LogP contribution < -0.4 is 15.4 Å². The van der Waals surface area contributed by atoms with Gasteiger partial charge in [-0.3, -0.25) is 4.79 Å². The van der Waals surface area contributed by atoms with Crippen molar-refractivity contribution in [1.29, 1.82) is 0 Å². The molecule has 1 aromatic carbocycles. The number of carbonyl (C=O) groups excluding carboxylic acids is 1. The monoisotopic (exact) mass is 374 g/mol. The summed E-state index contributed by atoms with van der Waals surface area (Å²) in [4.78, 5) is 19.4. The van der Waals surface area contributed by atoms with Gasteiger partial charge in [-0.05, 0) is 51.5 Å². The zero-order chi connectivity index (χ0) is 19.2. The first kappa shape index (κ1) is 20.0. The van der Waals surface area contributed by atoms with Crippen LogP contribution >= 0.6 is 0 Å². The molecule has 1 heterocycles. The van der Waals surface area contributed by atoms with Gasteiger partial charge in [0.2, 0.25) is 5.91 Å². The van der Waals surface area contributed by atoms with Crippen molar-refractivity contribution < 1.29 is 9.53 Å². The molecule has 1 aliphatic carbocycles. The summed E-state index contributed by atoms with van der Waals surface area (Å²) in [6.07, 6.45) is 3.24. The molecule has 0 spiro atoms. The number of amides is 1. The second kappa shape index (κ2) is 9.42. The van der Waals surface area contributed by atoms with Gasteiger partial charge in [0, 0.05) is 38.6 Å². The van der Waals surface area contributed by atoms with Crippen molar-refractivity contribution in [1.82, 2.24) is 9.80 Å². The van der Waals surface area contributed by atoms with Crippen LogP contribution in [-0.4, -0.2) is 75.7 Å². The van der Waals surface area contributed by atoms with Crippen LogP contribution in [0.3, 0.4) is 0 Å². The van der Waals surface area contributed by atoms with Crippen LogP contribution in [0.15, 0.2) is 24.3 Å². The molecule has 6 nitrogen and oxygen atoms in total. The van der Waals surface area contributed by atoms with E-state index in [1.807, 2.05) is 31.1 Å². The number of nitrogens with zero attached hydrogens (tertiary/aromatic N) is 3. The molecule has 0 aromatic heterocycles. The van der Waals surface area contributed by atoms with Crippen LogP contribution in [0.5, 0.6) is 5.75 Å². The predicted octanol–water partition coefficient (Wildman–Crippen LogP) is 1.65. The summed E-state index contributed by atoms with van der Waals surface area (Å²) in [6, 6.07) is 8.22. The minimum atomic E-state index is 0.142. The minimum Gasteiger partial charge on any atom is -0.490 e. The molecule has 2 aliphatic rings. The lowest BCUT2D eigenvalue weighted by atomic mass is 9.94. The van der Waals surface area contributed by atoms with Crippen LogP contribution in [0.2, 0.25) is 0 Å². The number of anilines is 1. The quantitative estimate of drug-likeness (QED) is 0.786. The number of likely N-dealkylation sites (N-methyl/N-ethyl adjacent to an activating group) is 1. The average molecular weight is 375 g/mol. The van der Waals surface area contributed by atoms with Gasteiger partial charge in [-0.2, -0.15) is 0 Å². The van der Waals surface area contributed by atoms with E-state index in [-0.39, 0.29) is 5.92 Å². The summed E-state index contributed by atoms with van der Waals surface area (Å²) in [5.74, 6) is 1.76. The summed E-state index contributed by atoms with van der Waals surface area (Å²) in [7, 11) is 4.09. The highest BCUT2D eigenvalue weighted by molar-refractivity contribution is 5.80. The standard InChI is InChI=1S/C21H34N4O2/c1-23(2)14-15-27-20-9-4-3-8-19(20)24-10-12-25(13-11-24)21(26)18-7-5-6-17(18)16-22/h3-4,8-9,17-18H,5-7,10-16,22H2,1-2H3/t17-,18-/m1/s1. The molecule has 0 radical (unpaired) electrons. The van der Waals surface area contributed by atoms with Crippen LogP contribution in [0.4, 0.5) is 5.69 Å². The zero-order valence-electron chi connectivity index (χ0n) is 16.8. The molecule has 2 N–H and O–H groups in total. The van der Waals surface area contributed by atoms with Crippen molar-refractivity contribution in [3.05, 3.63) is 24.3 Å². The highest BCUT2D eigenvalue weighted by atomic mass is 16.5. The summed E-state index contributed by atoms with van der Waals surface area (Å²) >= 11 is 0. The van der Waals surface area contributed by atoms with E-state index in [9.17, 15) is 4.79 Å². The average Bonchev–Trinajstić information content (AvgIpc) is 3.16. The zero-order valence-corrected chi connectivity index (χ0v) is 16.8. The summed E-state index contributed by atoms with van der Waals surface area (Å²) in [5, 5.41) is 0. The van der Waals surface area contributed by atoms with Gasteiger partial charge in [0.1, 0.15) is 12.4 Å². The van der Waals surface area contributed by atoms with Crippen molar-refractivity contribution >= 4 is 11.6 Å². The molecular formula is C21H34N4O2. The van der Waals surface area contributed by atoms with Crippen LogP contribution in [0.25, 0.3) is 0 Å². The molecule has 2 fully saturated rings. The number of hydrogen-bond acceptors (Lipinski definition) is 5. The molecule has 1 aromatic rings. The molecule has 3 rings (SSSR count). The van der Waals surface area contributed by atoms with Crippen molar-refractivity contribution in [3.8, 4) is 5.75 Å². The Kier molecular flexibility index (Phi) is 6.96. The maximum Gasteiger partial charge on any atom is 0.226 e. The molecule has 27 heavy (non-hydrogen) atoms. The van der Waals surface area contributed by atoms with Gasteiger partial charge < -0.3 is 25.2 Å². The first-order valence-corrected chi connectivity index (χ1v) is 10.2. The van der Waals surface area contributed by atoms with Crippen molar-refractivity contribution in [2.75, 3.05) is 64.9 Å². The van der Waals surface area contributed by atoms with Crippen LogP contribution in [0.1, 0.15) is 19.3 Å². The summed E-state index contributed by atoms with van der Waals surface area (Å²) in [6.45, 7) is 5.44. The number of rotatable bonds is 7.